The average Bonchev–Trinajstić information content (AvgIpc) is 2.82. The molecule has 140 valence electrons. The van der Waals surface area contributed by atoms with Gasteiger partial charge < -0.3 is 10.1 Å². The quantitative estimate of drug-likeness (QED) is 0.844. The first kappa shape index (κ1) is 17.6. The number of rotatable bonds is 4. The van der Waals surface area contributed by atoms with E-state index in [0.717, 1.165) is 41.7 Å². The Morgan fingerprint density at radius 1 is 1.07 bits per heavy atom. The number of urea groups is 1. The van der Waals surface area contributed by atoms with Crippen LogP contribution in [0.3, 0.4) is 0 Å². The summed E-state index contributed by atoms with van der Waals surface area (Å²) in [5, 5.41) is 3.00. The van der Waals surface area contributed by atoms with Crippen LogP contribution in [0, 0.1) is 6.92 Å². The van der Waals surface area contributed by atoms with Crippen molar-refractivity contribution < 1.29 is 14.3 Å². The van der Waals surface area contributed by atoms with Crippen LogP contribution in [0.1, 0.15) is 36.0 Å². The predicted molar refractivity (Wildman–Crippen MR) is 103 cm³/mol. The normalized spacial score (nSPS) is 21.7. The molecule has 0 bridgehead atoms. The molecule has 2 aliphatic rings. The molecule has 4 rings (SSSR count). The number of ether oxygens (including phenoxy) is 1. The second-order valence-corrected chi connectivity index (χ2v) is 7.32. The highest BCUT2D eigenvalue weighted by Gasteiger charge is 2.53. The van der Waals surface area contributed by atoms with Crippen molar-refractivity contribution in [2.24, 2.45) is 0 Å². The average molecular weight is 364 g/mol. The Morgan fingerprint density at radius 2 is 1.85 bits per heavy atom. The maximum absolute atomic E-state index is 13.3. The molecule has 5 nitrogen and oxygen atoms in total. The number of imide groups is 1. The van der Waals surface area contributed by atoms with Crippen LogP contribution in [0.2, 0.25) is 0 Å². The smallest absolute Gasteiger partial charge is 0.325 e. The van der Waals surface area contributed by atoms with Crippen molar-refractivity contribution in [2.75, 3.05) is 13.2 Å². The van der Waals surface area contributed by atoms with E-state index in [0.29, 0.717) is 6.42 Å². The van der Waals surface area contributed by atoms with E-state index in [9.17, 15) is 9.59 Å². The molecule has 3 amide bonds. The minimum atomic E-state index is -0.923. The van der Waals surface area contributed by atoms with Crippen molar-refractivity contribution in [3.8, 4) is 5.75 Å². The Morgan fingerprint density at radius 3 is 2.67 bits per heavy atom. The lowest BCUT2D eigenvalue weighted by molar-refractivity contribution is -0.132. The van der Waals surface area contributed by atoms with Gasteiger partial charge in [0.25, 0.3) is 5.91 Å². The van der Waals surface area contributed by atoms with Gasteiger partial charge in [-0.25, -0.2) is 4.79 Å². The summed E-state index contributed by atoms with van der Waals surface area (Å²) in [7, 11) is 0. The summed E-state index contributed by atoms with van der Waals surface area (Å²) in [4.78, 5) is 27.2. The van der Waals surface area contributed by atoms with E-state index in [-0.39, 0.29) is 25.1 Å². The molecule has 1 saturated heterocycles. The molecule has 1 atom stereocenters. The summed E-state index contributed by atoms with van der Waals surface area (Å²) < 4.78 is 5.72. The molecule has 27 heavy (non-hydrogen) atoms. The summed E-state index contributed by atoms with van der Waals surface area (Å²) in [5.74, 6) is 0.580. The van der Waals surface area contributed by atoms with Gasteiger partial charge in [-0.3, -0.25) is 9.69 Å². The summed E-state index contributed by atoms with van der Waals surface area (Å²) in [5.41, 5.74) is 2.34. The Kier molecular flexibility index (Phi) is 4.60. The third-order valence-corrected chi connectivity index (χ3v) is 5.51. The highest BCUT2D eigenvalue weighted by atomic mass is 16.5. The Bertz CT molecular complexity index is 862. The maximum Gasteiger partial charge on any atom is 0.325 e. The third kappa shape index (κ3) is 3.18. The highest BCUT2D eigenvalue weighted by molar-refractivity contribution is 6.07. The van der Waals surface area contributed by atoms with Crippen LogP contribution in [-0.2, 0) is 16.8 Å². The standard InChI is InChI=1S/C22H24N2O3/c1-16-9-11-18(12-10-16)27-15-14-24-20(25)22(23-21(24)26)13-5-4-7-17-6-2-3-8-19(17)22/h2-3,6,8-12H,4-5,7,13-15H2,1H3,(H,23,26)/t22-/m0/s1. The van der Waals surface area contributed by atoms with Gasteiger partial charge >= 0.3 is 6.03 Å². The number of benzene rings is 2. The molecule has 5 heteroatoms. The third-order valence-electron chi connectivity index (χ3n) is 5.51. The fourth-order valence-corrected chi connectivity index (χ4v) is 4.07. The van der Waals surface area contributed by atoms with Crippen LogP contribution in [0.5, 0.6) is 5.75 Å². The predicted octanol–water partition coefficient (Wildman–Crippen LogP) is 3.55. The molecule has 2 aromatic rings. The SMILES string of the molecule is Cc1ccc(OCCN2C(=O)N[C@]3(CCCCc4ccccc43)C2=O)cc1. The van der Waals surface area contributed by atoms with E-state index < -0.39 is 5.54 Å². The fraction of sp³-hybridized carbons (Fsp3) is 0.364. The van der Waals surface area contributed by atoms with E-state index in [4.69, 9.17) is 4.74 Å². The van der Waals surface area contributed by atoms with E-state index in [1.54, 1.807) is 0 Å². The fourth-order valence-electron chi connectivity index (χ4n) is 4.07. The molecule has 1 N–H and O–H groups in total. The number of nitrogens with one attached hydrogen (secondary N) is 1. The van der Waals surface area contributed by atoms with E-state index in [2.05, 4.69) is 11.4 Å². The van der Waals surface area contributed by atoms with E-state index in [1.165, 1.54) is 4.90 Å². The number of carbonyl (C=O) groups excluding carboxylic acids is 2. The topological polar surface area (TPSA) is 58.6 Å². The minimum Gasteiger partial charge on any atom is -0.492 e. The molecule has 0 radical (unpaired) electrons. The van der Waals surface area contributed by atoms with Gasteiger partial charge in [0.15, 0.2) is 0 Å². The van der Waals surface area contributed by atoms with Gasteiger partial charge in [0, 0.05) is 0 Å². The number of nitrogens with zero attached hydrogens (tertiary/aromatic N) is 1. The molecule has 0 aromatic heterocycles. The molecule has 1 aliphatic carbocycles. The van der Waals surface area contributed by atoms with Crippen molar-refractivity contribution in [1.82, 2.24) is 10.2 Å². The van der Waals surface area contributed by atoms with Gasteiger partial charge in [-0.05, 0) is 55.9 Å². The van der Waals surface area contributed by atoms with Gasteiger partial charge in [0.1, 0.15) is 17.9 Å². The first-order valence-corrected chi connectivity index (χ1v) is 9.52. The van der Waals surface area contributed by atoms with Crippen LogP contribution in [-0.4, -0.2) is 30.0 Å². The van der Waals surface area contributed by atoms with Gasteiger partial charge in [-0.2, -0.15) is 0 Å². The number of hydrogen-bond acceptors (Lipinski definition) is 3. The summed E-state index contributed by atoms with van der Waals surface area (Å²) in [6, 6.07) is 15.4. The largest absolute Gasteiger partial charge is 0.492 e. The maximum atomic E-state index is 13.3. The molecule has 0 unspecified atom stereocenters. The zero-order chi connectivity index (χ0) is 18.9. The zero-order valence-electron chi connectivity index (χ0n) is 15.5. The number of carbonyl (C=O) groups is 2. The van der Waals surface area contributed by atoms with E-state index >= 15 is 0 Å². The zero-order valence-corrected chi connectivity index (χ0v) is 15.5. The molecular weight excluding hydrogens is 340 g/mol. The van der Waals surface area contributed by atoms with Gasteiger partial charge in [-0.1, -0.05) is 42.0 Å². The lowest BCUT2D eigenvalue weighted by Crippen LogP contribution is -2.44. The van der Waals surface area contributed by atoms with Gasteiger partial charge in [-0.15, -0.1) is 0 Å². The first-order valence-electron chi connectivity index (χ1n) is 9.52. The van der Waals surface area contributed by atoms with Gasteiger partial charge in [0.05, 0.1) is 6.54 Å². The van der Waals surface area contributed by atoms with Crippen LogP contribution in [0.15, 0.2) is 48.5 Å². The highest BCUT2D eigenvalue weighted by Crippen LogP contribution is 2.38. The summed E-state index contributed by atoms with van der Waals surface area (Å²) >= 11 is 0. The van der Waals surface area contributed by atoms with Crippen molar-refractivity contribution >= 4 is 11.9 Å². The summed E-state index contributed by atoms with van der Waals surface area (Å²) in [6.45, 7) is 2.53. The number of hydrogen-bond donors (Lipinski definition) is 1. The van der Waals surface area contributed by atoms with Crippen LogP contribution in [0.25, 0.3) is 0 Å². The number of amides is 3. The van der Waals surface area contributed by atoms with Crippen molar-refractivity contribution in [2.45, 2.75) is 38.1 Å². The van der Waals surface area contributed by atoms with Gasteiger partial charge in [0.2, 0.25) is 0 Å². The summed E-state index contributed by atoms with van der Waals surface area (Å²) in [6.07, 6.45) is 3.52. The van der Waals surface area contributed by atoms with Crippen LogP contribution in [0.4, 0.5) is 4.79 Å². The lowest BCUT2D eigenvalue weighted by atomic mass is 9.84. The van der Waals surface area contributed by atoms with Crippen molar-refractivity contribution in [3.63, 3.8) is 0 Å². The Hall–Kier alpha value is -2.82. The first-order chi connectivity index (χ1) is 13.1. The lowest BCUT2D eigenvalue weighted by Gasteiger charge is -2.27. The van der Waals surface area contributed by atoms with Crippen molar-refractivity contribution in [3.05, 3.63) is 65.2 Å². The minimum absolute atomic E-state index is 0.158. The van der Waals surface area contributed by atoms with Crippen LogP contribution >= 0.6 is 0 Å². The molecule has 1 fully saturated rings. The number of fused-ring (bicyclic) bond motifs is 2. The monoisotopic (exact) mass is 364 g/mol. The number of aryl methyl sites for hydroxylation is 2. The molecule has 1 spiro atoms. The molecule has 2 aromatic carbocycles. The molecule has 0 saturated carbocycles. The molecule has 1 aliphatic heterocycles. The molecule has 1 heterocycles. The Balaban J connectivity index is 1.51. The van der Waals surface area contributed by atoms with Crippen molar-refractivity contribution in [1.29, 1.82) is 0 Å². The van der Waals surface area contributed by atoms with E-state index in [1.807, 2.05) is 49.4 Å². The second kappa shape index (κ2) is 7.06. The second-order valence-electron chi connectivity index (χ2n) is 7.32. The van der Waals surface area contributed by atoms with Crippen LogP contribution < -0.4 is 10.1 Å². The Labute approximate surface area is 159 Å². The molecular formula is C22H24N2O3.